The molecule has 0 heterocycles. The number of hydrogen-bond donors (Lipinski definition) is 1. The Bertz CT molecular complexity index is 1450. The predicted octanol–water partition coefficient (Wildman–Crippen LogP) is 5.27. The Morgan fingerprint density at radius 2 is 1.49 bits per heavy atom. The molecule has 0 fully saturated rings. The van der Waals surface area contributed by atoms with Gasteiger partial charge in [-0.15, -0.1) is 0 Å². The molecular formula is C32H40FN3O4S. The largest absolute Gasteiger partial charge is 0.350 e. The van der Waals surface area contributed by atoms with E-state index in [1.165, 1.54) is 11.0 Å². The van der Waals surface area contributed by atoms with Crippen LogP contribution in [0.3, 0.4) is 0 Å². The van der Waals surface area contributed by atoms with E-state index >= 15 is 0 Å². The minimum absolute atomic E-state index is 0.0107. The lowest BCUT2D eigenvalue weighted by Crippen LogP contribution is -2.56. The quantitative estimate of drug-likeness (QED) is 0.334. The molecule has 3 rings (SSSR count). The van der Waals surface area contributed by atoms with Crippen molar-refractivity contribution in [2.45, 2.75) is 65.1 Å². The number of carbonyl (C=O) groups is 2. The molecule has 0 aliphatic rings. The van der Waals surface area contributed by atoms with Gasteiger partial charge < -0.3 is 10.2 Å². The van der Waals surface area contributed by atoms with E-state index in [2.05, 4.69) is 5.32 Å². The number of carbonyl (C=O) groups excluding carboxylic acids is 2. The van der Waals surface area contributed by atoms with Crippen molar-refractivity contribution in [2.24, 2.45) is 0 Å². The van der Waals surface area contributed by atoms with Crippen molar-refractivity contribution in [2.75, 3.05) is 17.1 Å². The first-order valence-electron chi connectivity index (χ1n) is 13.6. The molecule has 0 saturated heterocycles. The van der Waals surface area contributed by atoms with Crippen LogP contribution in [0.1, 0.15) is 57.2 Å². The van der Waals surface area contributed by atoms with Crippen molar-refractivity contribution in [1.82, 2.24) is 10.2 Å². The molecule has 1 N–H and O–H groups in total. The molecule has 1 atom stereocenters. The number of halogens is 1. The van der Waals surface area contributed by atoms with Gasteiger partial charge in [-0.25, -0.2) is 12.8 Å². The van der Waals surface area contributed by atoms with Crippen LogP contribution >= 0.6 is 0 Å². The van der Waals surface area contributed by atoms with Crippen LogP contribution in [0, 0.1) is 5.82 Å². The summed E-state index contributed by atoms with van der Waals surface area (Å²) >= 11 is 0. The molecular weight excluding hydrogens is 541 g/mol. The Morgan fingerprint density at radius 3 is 2.07 bits per heavy atom. The molecule has 0 aliphatic carbocycles. The number of amides is 2. The summed E-state index contributed by atoms with van der Waals surface area (Å²) in [6, 6.07) is 21.3. The fourth-order valence-electron chi connectivity index (χ4n) is 4.61. The van der Waals surface area contributed by atoms with Crippen LogP contribution in [0.25, 0.3) is 0 Å². The summed E-state index contributed by atoms with van der Waals surface area (Å²) in [5.74, 6) is -1.57. The summed E-state index contributed by atoms with van der Waals surface area (Å²) in [5, 5.41) is 2.96. The van der Waals surface area contributed by atoms with E-state index in [0.717, 1.165) is 21.7 Å². The molecule has 0 radical (unpaired) electrons. The highest BCUT2D eigenvalue weighted by atomic mass is 32.2. The average molecular weight is 582 g/mol. The number of rotatable bonds is 11. The van der Waals surface area contributed by atoms with E-state index in [9.17, 15) is 22.4 Å². The number of para-hydroxylation sites is 1. The maximum atomic E-state index is 14.9. The summed E-state index contributed by atoms with van der Waals surface area (Å²) in [4.78, 5) is 29.2. The zero-order valence-corrected chi connectivity index (χ0v) is 25.4. The normalized spacial score (nSPS) is 12.6. The zero-order chi connectivity index (χ0) is 30.4. The predicted molar refractivity (Wildman–Crippen MR) is 162 cm³/mol. The number of nitrogens with zero attached hydrogens (tertiary/aromatic N) is 2. The number of sulfonamides is 1. The van der Waals surface area contributed by atoms with Crippen molar-refractivity contribution < 1.29 is 22.4 Å². The third kappa shape index (κ3) is 8.88. The molecule has 41 heavy (non-hydrogen) atoms. The van der Waals surface area contributed by atoms with Crippen LogP contribution < -0.4 is 9.62 Å². The van der Waals surface area contributed by atoms with E-state index in [-0.39, 0.29) is 24.4 Å². The highest BCUT2D eigenvalue weighted by Gasteiger charge is 2.35. The molecule has 7 nitrogen and oxygen atoms in total. The fraction of sp³-hybridized carbons (Fsp3) is 0.375. The van der Waals surface area contributed by atoms with Crippen molar-refractivity contribution in [3.63, 3.8) is 0 Å². The van der Waals surface area contributed by atoms with Gasteiger partial charge in [0.1, 0.15) is 18.4 Å². The van der Waals surface area contributed by atoms with Crippen molar-refractivity contribution in [1.29, 1.82) is 0 Å². The average Bonchev–Trinajstić information content (AvgIpc) is 2.89. The lowest BCUT2D eigenvalue weighted by atomic mass is 10.00. The second-order valence-corrected chi connectivity index (χ2v) is 13.4. The van der Waals surface area contributed by atoms with Gasteiger partial charge in [-0.05, 0) is 49.9 Å². The molecule has 0 spiro atoms. The number of nitrogens with one attached hydrogen (secondary N) is 1. The van der Waals surface area contributed by atoms with Gasteiger partial charge in [0.05, 0.1) is 11.9 Å². The summed E-state index contributed by atoms with van der Waals surface area (Å²) in [6.45, 7) is 8.62. The molecule has 2 amide bonds. The summed E-state index contributed by atoms with van der Waals surface area (Å²) < 4.78 is 42.1. The van der Waals surface area contributed by atoms with E-state index in [1.54, 1.807) is 30.3 Å². The van der Waals surface area contributed by atoms with Gasteiger partial charge in [-0.3, -0.25) is 13.9 Å². The first-order valence-corrected chi connectivity index (χ1v) is 15.5. The van der Waals surface area contributed by atoms with Crippen molar-refractivity contribution >= 4 is 27.5 Å². The summed E-state index contributed by atoms with van der Waals surface area (Å²) in [7, 11) is -3.91. The van der Waals surface area contributed by atoms with Gasteiger partial charge in [-0.1, -0.05) is 80.6 Å². The lowest BCUT2D eigenvalue weighted by molar-refractivity contribution is -0.140. The summed E-state index contributed by atoms with van der Waals surface area (Å²) in [6.07, 6.45) is 1.21. The monoisotopic (exact) mass is 581 g/mol. The Labute approximate surface area is 243 Å². The Balaban J connectivity index is 2.12. The van der Waals surface area contributed by atoms with Gasteiger partial charge >= 0.3 is 0 Å². The molecule has 220 valence electrons. The highest BCUT2D eigenvalue weighted by Crippen LogP contribution is 2.29. The van der Waals surface area contributed by atoms with Crippen LogP contribution in [-0.2, 0) is 32.6 Å². The molecule has 3 aromatic carbocycles. The molecule has 0 saturated carbocycles. The highest BCUT2D eigenvalue weighted by molar-refractivity contribution is 7.92. The first kappa shape index (κ1) is 31.8. The first-order chi connectivity index (χ1) is 19.2. The zero-order valence-electron chi connectivity index (χ0n) is 24.6. The van der Waals surface area contributed by atoms with Gasteiger partial charge in [0.15, 0.2) is 0 Å². The Hall–Kier alpha value is -3.72. The second-order valence-electron chi connectivity index (χ2n) is 11.5. The van der Waals surface area contributed by atoms with E-state index in [0.29, 0.717) is 5.69 Å². The third-order valence-corrected chi connectivity index (χ3v) is 7.70. The molecule has 0 aromatic heterocycles. The maximum Gasteiger partial charge on any atom is 0.244 e. The summed E-state index contributed by atoms with van der Waals surface area (Å²) in [5.41, 5.74) is 1.57. The van der Waals surface area contributed by atoms with Gasteiger partial charge in [0.25, 0.3) is 0 Å². The Morgan fingerprint density at radius 1 is 0.902 bits per heavy atom. The van der Waals surface area contributed by atoms with Crippen molar-refractivity contribution in [3.8, 4) is 0 Å². The van der Waals surface area contributed by atoms with Crippen LogP contribution in [0.5, 0.6) is 0 Å². The van der Waals surface area contributed by atoms with Gasteiger partial charge in [-0.2, -0.15) is 0 Å². The van der Waals surface area contributed by atoms with E-state index in [1.807, 2.05) is 77.1 Å². The maximum absolute atomic E-state index is 14.9. The molecule has 0 aliphatic heterocycles. The number of benzene rings is 3. The fourth-order valence-corrected chi connectivity index (χ4v) is 5.48. The minimum Gasteiger partial charge on any atom is -0.350 e. The second kappa shape index (κ2) is 13.3. The number of anilines is 1. The van der Waals surface area contributed by atoms with Gasteiger partial charge in [0.2, 0.25) is 21.8 Å². The van der Waals surface area contributed by atoms with Crippen LogP contribution in [0.4, 0.5) is 10.1 Å². The minimum atomic E-state index is -3.91. The lowest BCUT2D eigenvalue weighted by Gasteiger charge is -2.35. The van der Waals surface area contributed by atoms with Crippen molar-refractivity contribution in [3.05, 3.63) is 101 Å². The topological polar surface area (TPSA) is 86.8 Å². The van der Waals surface area contributed by atoms with Crippen LogP contribution in [-0.4, -0.2) is 49.5 Å². The molecule has 0 unspecified atom stereocenters. The smallest absolute Gasteiger partial charge is 0.244 e. The Kier molecular flexibility index (Phi) is 10.3. The van der Waals surface area contributed by atoms with E-state index < -0.39 is 45.8 Å². The molecule has 3 aromatic rings. The molecule has 9 heteroatoms. The molecule has 0 bridgehead atoms. The van der Waals surface area contributed by atoms with Crippen LogP contribution in [0.2, 0.25) is 0 Å². The standard InChI is InChI=1S/C32H40FN3O4S/c1-23(2)26-17-11-13-19-28(26)36(41(6,39)40)22-30(37)35(21-25-16-10-12-18-27(25)33)29(31(38)34-32(3,4)5)20-24-14-8-7-9-15-24/h7-19,23,29H,20-22H2,1-6H3,(H,34,38)/t29-/m1/s1. The SMILES string of the molecule is CC(C)c1ccccc1N(CC(=O)N(Cc1ccccc1F)[C@H](Cc1ccccc1)C(=O)NC(C)(C)C)S(C)(=O)=O. The van der Waals surface area contributed by atoms with E-state index in [4.69, 9.17) is 0 Å². The third-order valence-electron chi connectivity index (χ3n) is 6.57. The van der Waals surface area contributed by atoms with Gasteiger partial charge in [0, 0.05) is 24.1 Å². The number of hydrogen-bond acceptors (Lipinski definition) is 4. The van der Waals surface area contributed by atoms with Crippen LogP contribution in [0.15, 0.2) is 78.9 Å².